The number of thiophene rings is 1. The number of hydrogen-bond donors (Lipinski definition) is 1. The fourth-order valence-electron chi connectivity index (χ4n) is 3.97. The van der Waals surface area contributed by atoms with E-state index in [0.29, 0.717) is 17.0 Å². The van der Waals surface area contributed by atoms with Crippen molar-refractivity contribution in [3.8, 4) is 10.6 Å². The van der Waals surface area contributed by atoms with Crippen molar-refractivity contribution in [2.24, 2.45) is 11.0 Å². The summed E-state index contributed by atoms with van der Waals surface area (Å²) in [7, 11) is 0. The summed E-state index contributed by atoms with van der Waals surface area (Å²) in [6, 6.07) is 12.4. The van der Waals surface area contributed by atoms with Gasteiger partial charge in [0.2, 0.25) is 0 Å². The van der Waals surface area contributed by atoms with Gasteiger partial charge in [-0.25, -0.2) is 9.40 Å². The van der Waals surface area contributed by atoms with E-state index in [9.17, 15) is 14.3 Å². The molecule has 3 aromatic heterocycles. The van der Waals surface area contributed by atoms with Gasteiger partial charge < -0.3 is 5.11 Å². The zero-order valence-corrected chi connectivity index (χ0v) is 17.7. The smallest absolute Gasteiger partial charge is 0.284 e. The summed E-state index contributed by atoms with van der Waals surface area (Å²) in [5.74, 6) is -1.14. The number of pyridine rings is 2. The normalized spacial score (nSPS) is 20.5. The molecule has 0 saturated heterocycles. The Morgan fingerprint density at radius 3 is 2.78 bits per heavy atom. The number of carbonyl (C=O) groups is 1. The number of hydrazone groups is 1. The lowest BCUT2D eigenvalue weighted by molar-refractivity contribution is 0.0648. The molecule has 3 aromatic rings. The van der Waals surface area contributed by atoms with E-state index in [2.05, 4.69) is 15.1 Å². The highest BCUT2D eigenvalue weighted by atomic mass is 32.1. The number of halogens is 1. The Balaban J connectivity index is 1.49. The fourth-order valence-corrected chi connectivity index (χ4v) is 4.89. The van der Waals surface area contributed by atoms with Crippen LogP contribution in [0.3, 0.4) is 0 Å². The molecule has 2 atom stereocenters. The predicted octanol–water partition coefficient (Wildman–Crippen LogP) is 5.14. The van der Waals surface area contributed by atoms with Crippen LogP contribution in [0.25, 0.3) is 10.6 Å². The number of aromatic nitrogens is 2. The molecule has 0 fully saturated rings. The van der Waals surface area contributed by atoms with Gasteiger partial charge in [-0.3, -0.25) is 14.8 Å². The van der Waals surface area contributed by atoms with Crippen molar-refractivity contribution >= 4 is 23.0 Å². The number of aliphatic hydroxyl groups is 1. The van der Waals surface area contributed by atoms with Crippen molar-refractivity contribution in [1.82, 2.24) is 15.0 Å². The Labute approximate surface area is 188 Å². The summed E-state index contributed by atoms with van der Waals surface area (Å²) in [5, 5.41) is 16.5. The van der Waals surface area contributed by atoms with E-state index in [1.165, 1.54) is 28.5 Å². The largest absolute Gasteiger partial charge is 0.512 e. The van der Waals surface area contributed by atoms with Crippen molar-refractivity contribution in [2.75, 3.05) is 0 Å². The number of allylic oxidation sites excluding steroid dienone is 3. The second-order valence-electron chi connectivity index (χ2n) is 7.60. The fraction of sp³-hybridized carbons (Fsp3) is 0.167. The summed E-state index contributed by atoms with van der Waals surface area (Å²) in [4.78, 5) is 23.3. The van der Waals surface area contributed by atoms with Crippen LogP contribution >= 0.6 is 11.3 Å². The molecule has 1 aliphatic heterocycles. The standard InChI is InChI=1S/C24H19FN4O2S/c25-16-6-7-21(30)17(12-16)20-13-19(15-4-3-10-26-14-15)28-29(20)24(31)23-9-8-22(32-23)18-5-1-2-11-27-18/h1-11,14,17,20,30H,12-13H2. The minimum atomic E-state index is -0.572. The van der Waals surface area contributed by atoms with Crippen LogP contribution in [-0.2, 0) is 0 Å². The van der Waals surface area contributed by atoms with Crippen molar-refractivity contribution < 1.29 is 14.3 Å². The SMILES string of the molecule is O=C(c1ccc(-c2ccccn2)s1)N1N=C(c2cccnc2)CC1C1CC(F)=CC=C1O. The van der Waals surface area contributed by atoms with Crippen LogP contribution in [0.15, 0.2) is 89.9 Å². The van der Waals surface area contributed by atoms with E-state index in [1.54, 1.807) is 30.7 Å². The molecule has 4 heterocycles. The number of carbonyl (C=O) groups excluding carboxylic acids is 1. The first kappa shape index (κ1) is 20.3. The molecule has 1 aliphatic carbocycles. The van der Waals surface area contributed by atoms with E-state index in [1.807, 2.05) is 30.3 Å². The molecule has 2 aliphatic rings. The van der Waals surface area contributed by atoms with Crippen molar-refractivity contribution in [2.45, 2.75) is 18.9 Å². The predicted molar refractivity (Wildman–Crippen MR) is 121 cm³/mol. The maximum absolute atomic E-state index is 14.1. The van der Waals surface area contributed by atoms with Gasteiger partial charge in [-0.15, -0.1) is 11.3 Å². The summed E-state index contributed by atoms with van der Waals surface area (Å²) >= 11 is 1.33. The first-order valence-corrected chi connectivity index (χ1v) is 11.0. The van der Waals surface area contributed by atoms with Crippen molar-refractivity contribution in [1.29, 1.82) is 0 Å². The molecule has 0 spiro atoms. The monoisotopic (exact) mass is 446 g/mol. The van der Waals surface area contributed by atoms with Gasteiger partial charge in [-0.2, -0.15) is 5.10 Å². The van der Waals surface area contributed by atoms with Gasteiger partial charge >= 0.3 is 0 Å². The molecule has 1 amide bonds. The molecule has 0 saturated carbocycles. The lowest BCUT2D eigenvalue weighted by Crippen LogP contribution is -2.39. The highest BCUT2D eigenvalue weighted by Gasteiger charge is 2.41. The van der Waals surface area contributed by atoms with E-state index >= 15 is 0 Å². The second-order valence-corrected chi connectivity index (χ2v) is 8.69. The molecule has 0 radical (unpaired) electrons. The summed E-state index contributed by atoms with van der Waals surface area (Å²) < 4.78 is 14.1. The number of amides is 1. The van der Waals surface area contributed by atoms with Crippen LogP contribution in [0.4, 0.5) is 4.39 Å². The van der Waals surface area contributed by atoms with Crippen LogP contribution in [0, 0.1) is 5.92 Å². The third-order valence-electron chi connectivity index (χ3n) is 5.58. The molecule has 8 heteroatoms. The van der Waals surface area contributed by atoms with Crippen LogP contribution in [-0.4, -0.2) is 37.7 Å². The van der Waals surface area contributed by atoms with Gasteiger partial charge in [0.25, 0.3) is 5.91 Å². The minimum Gasteiger partial charge on any atom is -0.512 e. The van der Waals surface area contributed by atoms with E-state index in [-0.39, 0.29) is 23.9 Å². The second kappa shape index (κ2) is 8.47. The van der Waals surface area contributed by atoms with E-state index in [4.69, 9.17) is 0 Å². The van der Waals surface area contributed by atoms with Gasteiger partial charge in [-0.1, -0.05) is 12.1 Å². The van der Waals surface area contributed by atoms with E-state index < -0.39 is 12.0 Å². The van der Waals surface area contributed by atoms with Crippen LogP contribution in [0.1, 0.15) is 28.1 Å². The molecule has 0 aromatic carbocycles. The van der Waals surface area contributed by atoms with Gasteiger partial charge in [-0.05, 0) is 42.5 Å². The molecule has 160 valence electrons. The summed E-state index contributed by atoms with van der Waals surface area (Å²) in [5.41, 5.74) is 2.26. The maximum atomic E-state index is 14.1. The number of nitrogens with zero attached hydrogens (tertiary/aromatic N) is 4. The highest BCUT2D eigenvalue weighted by Crippen LogP contribution is 2.37. The third-order valence-corrected chi connectivity index (χ3v) is 6.67. The van der Waals surface area contributed by atoms with Crippen molar-refractivity contribution in [3.05, 3.63) is 95.2 Å². The Morgan fingerprint density at radius 2 is 2.00 bits per heavy atom. The Morgan fingerprint density at radius 1 is 1.09 bits per heavy atom. The first-order chi connectivity index (χ1) is 15.6. The molecule has 1 N–H and O–H groups in total. The summed E-state index contributed by atoms with van der Waals surface area (Å²) in [6.07, 6.45) is 8.10. The molecule has 2 unspecified atom stereocenters. The molecule has 32 heavy (non-hydrogen) atoms. The average molecular weight is 447 g/mol. The molecule has 6 nitrogen and oxygen atoms in total. The number of aliphatic hydroxyl groups excluding tert-OH is 1. The average Bonchev–Trinajstić information content (AvgIpc) is 3.50. The van der Waals surface area contributed by atoms with Gasteiger partial charge in [0.1, 0.15) is 5.83 Å². The van der Waals surface area contributed by atoms with Crippen LogP contribution < -0.4 is 0 Å². The molecule has 5 rings (SSSR count). The van der Waals surface area contributed by atoms with Crippen LogP contribution in [0.2, 0.25) is 0 Å². The van der Waals surface area contributed by atoms with Gasteiger partial charge in [0.05, 0.1) is 33.0 Å². The quantitative estimate of drug-likeness (QED) is 0.602. The van der Waals surface area contributed by atoms with Gasteiger partial charge in [0, 0.05) is 42.9 Å². The molecular formula is C24H19FN4O2S. The third kappa shape index (κ3) is 3.85. The minimum absolute atomic E-state index is 0.0241. The van der Waals surface area contributed by atoms with Gasteiger partial charge in [0.15, 0.2) is 0 Å². The van der Waals surface area contributed by atoms with E-state index in [0.717, 1.165) is 16.1 Å². The number of rotatable bonds is 4. The van der Waals surface area contributed by atoms with Crippen LogP contribution in [0.5, 0.6) is 0 Å². The Bertz CT molecular complexity index is 1240. The lowest BCUT2D eigenvalue weighted by atomic mass is 9.86. The highest BCUT2D eigenvalue weighted by molar-refractivity contribution is 7.17. The topological polar surface area (TPSA) is 78.7 Å². The first-order valence-electron chi connectivity index (χ1n) is 10.2. The van der Waals surface area contributed by atoms with Crippen molar-refractivity contribution in [3.63, 3.8) is 0 Å². The zero-order valence-electron chi connectivity index (χ0n) is 16.9. The number of hydrogen-bond acceptors (Lipinski definition) is 6. The zero-order chi connectivity index (χ0) is 22.1. The maximum Gasteiger partial charge on any atom is 0.284 e. The molecule has 0 bridgehead atoms. The molecular weight excluding hydrogens is 427 g/mol. The lowest BCUT2D eigenvalue weighted by Gasteiger charge is -2.29. The Hall–Kier alpha value is -3.65. The Kier molecular flexibility index (Phi) is 5.36. The summed E-state index contributed by atoms with van der Waals surface area (Å²) in [6.45, 7) is 0.